The van der Waals surface area contributed by atoms with E-state index in [2.05, 4.69) is 104 Å². The summed E-state index contributed by atoms with van der Waals surface area (Å²) in [5, 5.41) is 4.41. The molecule has 0 saturated heterocycles. The molecule has 3 aromatic rings. The fourth-order valence-electron chi connectivity index (χ4n) is 5.43. The van der Waals surface area contributed by atoms with E-state index in [0.29, 0.717) is 5.54 Å². The molecule has 0 amide bonds. The second kappa shape index (κ2) is 6.30. The smallest absolute Gasteiger partial charge is 0.0750 e. The van der Waals surface area contributed by atoms with Crippen molar-refractivity contribution >= 4 is 46.9 Å². The van der Waals surface area contributed by atoms with Crippen LogP contribution >= 0.6 is 15.9 Å². The highest BCUT2D eigenvalue weighted by molar-refractivity contribution is 9.10. The molecule has 2 heteroatoms. The first-order chi connectivity index (χ1) is 13.4. The Morgan fingerprint density at radius 1 is 0.964 bits per heavy atom. The molecule has 2 aliphatic rings. The van der Waals surface area contributed by atoms with Gasteiger partial charge >= 0.3 is 0 Å². The summed E-state index contributed by atoms with van der Waals surface area (Å²) < 4.78 is 1.16. The zero-order valence-electron chi connectivity index (χ0n) is 16.9. The van der Waals surface area contributed by atoms with Crippen molar-refractivity contribution in [3.8, 4) is 0 Å². The first kappa shape index (κ1) is 18.1. The minimum atomic E-state index is -1.69. The molecular weight excluding hydrogens is 420 g/mol. The van der Waals surface area contributed by atoms with Crippen molar-refractivity contribution < 1.29 is 0 Å². The highest BCUT2D eigenvalue weighted by Gasteiger charge is 2.42. The number of hydrogen-bond acceptors (Lipinski definition) is 0. The van der Waals surface area contributed by atoms with Gasteiger partial charge in [-0.15, -0.1) is 0 Å². The summed E-state index contributed by atoms with van der Waals surface area (Å²) in [5.41, 5.74) is 9.47. The monoisotopic (exact) mass is 444 g/mol. The molecule has 0 N–H and O–H groups in total. The number of halogens is 1. The van der Waals surface area contributed by atoms with Gasteiger partial charge in [-0.25, -0.2) is 0 Å². The SMILES string of the molecule is CC1=Cc2c(cc3cc(Br)ccc3c2C)C1[Si](C)(C)C1=Cc2ccccc2C1. The van der Waals surface area contributed by atoms with Crippen LogP contribution in [0.25, 0.3) is 22.9 Å². The molecule has 0 bridgehead atoms. The summed E-state index contributed by atoms with van der Waals surface area (Å²) in [4.78, 5) is 0. The fraction of sp³-hybridized carbons (Fsp3) is 0.231. The first-order valence-corrected chi connectivity index (χ1v) is 13.9. The van der Waals surface area contributed by atoms with E-state index >= 15 is 0 Å². The number of allylic oxidation sites excluding steroid dienone is 2. The fourth-order valence-corrected chi connectivity index (χ4v) is 9.59. The van der Waals surface area contributed by atoms with Crippen LogP contribution in [0.4, 0.5) is 0 Å². The van der Waals surface area contributed by atoms with Crippen molar-refractivity contribution in [2.75, 3.05) is 0 Å². The Morgan fingerprint density at radius 2 is 1.75 bits per heavy atom. The van der Waals surface area contributed by atoms with E-state index in [4.69, 9.17) is 0 Å². The van der Waals surface area contributed by atoms with E-state index in [1.165, 1.54) is 33.0 Å². The van der Waals surface area contributed by atoms with Crippen LogP contribution in [0.3, 0.4) is 0 Å². The van der Waals surface area contributed by atoms with Gasteiger partial charge in [0.15, 0.2) is 0 Å². The third-order valence-corrected chi connectivity index (χ3v) is 11.6. The molecule has 140 valence electrons. The summed E-state index contributed by atoms with van der Waals surface area (Å²) in [6, 6.07) is 18.1. The van der Waals surface area contributed by atoms with Crippen molar-refractivity contribution in [2.45, 2.75) is 38.9 Å². The quantitative estimate of drug-likeness (QED) is 0.353. The van der Waals surface area contributed by atoms with Crippen molar-refractivity contribution in [1.29, 1.82) is 0 Å². The number of aryl methyl sites for hydroxylation is 1. The lowest BCUT2D eigenvalue weighted by Crippen LogP contribution is -2.38. The molecule has 0 nitrogen and oxygen atoms in total. The topological polar surface area (TPSA) is 0 Å². The van der Waals surface area contributed by atoms with Crippen molar-refractivity contribution in [1.82, 2.24) is 0 Å². The maximum absolute atomic E-state index is 3.66. The van der Waals surface area contributed by atoms with E-state index in [-0.39, 0.29) is 0 Å². The largest absolute Gasteiger partial charge is 0.0877 e. The highest BCUT2D eigenvalue weighted by atomic mass is 79.9. The molecule has 0 fully saturated rings. The second-order valence-corrected chi connectivity index (χ2v) is 14.5. The van der Waals surface area contributed by atoms with Crippen molar-refractivity contribution in [3.63, 3.8) is 0 Å². The normalized spacial score (nSPS) is 18.1. The lowest BCUT2D eigenvalue weighted by molar-refractivity contribution is 1.06. The standard InChI is InChI=1S/C26H25BrSi/c1-16-11-24-17(2)23-10-9-21(27)12-20(23)15-25(24)26(16)28(3,4)22-13-18-7-5-6-8-19(18)14-22/h5-13,15,26H,14H2,1-4H3. The predicted octanol–water partition coefficient (Wildman–Crippen LogP) is 7.84. The van der Waals surface area contributed by atoms with Crippen LogP contribution in [0, 0.1) is 6.92 Å². The Hall–Kier alpha value is -1.90. The third-order valence-electron chi connectivity index (χ3n) is 6.90. The molecule has 0 spiro atoms. The summed E-state index contributed by atoms with van der Waals surface area (Å²) in [6.45, 7) is 9.78. The number of rotatable bonds is 2. The molecule has 2 aliphatic carbocycles. The predicted molar refractivity (Wildman–Crippen MR) is 128 cm³/mol. The molecule has 0 heterocycles. The molecule has 0 saturated carbocycles. The van der Waals surface area contributed by atoms with E-state index in [1.807, 2.05) is 0 Å². The number of hydrogen-bond donors (Lipinski definition) is 0. The first-order valence-electron chi connectivity index (χ1n) is 10.1. The van der Waals surface area contributed by atoms with Crippen LogP contribution in [0.5, 0.6) is 0 Å². The minimum absolute atomic E-state index is 0.560. The zero-order valence-corrected chi connectivity index (χ0v) is 19.5. The van der Waals surface area contributed by atoms with Gasteiger partial charge in [-0.05, 0) is 71.0 Å². The van der Waals surface area contributed by atoms with E-state index in [9.17, 15) is 0 Å². The van der Waals surface area contributed by atoms with Gasteiger partial charge in [0.25, 0.3) is 0 Å². The lowest BCUT2D eigenvalue weighted by atomic mass is 9.96. The van der Waals surface area contributed by atoms with Gasteiger partial charge in [0, 0.05) is 10.0 Å². The third kappa shape index (κ3) is 2.62. The lowest BCUT2D eigenvalue weighted by Gasteiger charge is -2.34. The zero-order chi connectivity index (χ0) is 19.6. The van der Waals surface area contributed by atoms with Crippen molar-refractivity contribution in [2.24, 2.45) is 0 Å². The van der Waals surface area contributed by atoms with Crippen LogP contribution in [-0.2, 0) is 6.42 Å². The van der Waals surface area contributed by atoms with Crippen LogP contribution in [0.2, 0.25) is 13.1 Å². The molecule has 0 aliphatic heterocycles. The Labute approximate surface area is 177 Å². The summed E-state index contributed by atoms with van der Waals surface area (Å²) in [5.74, 6) is 0. The summed E-state index contributed by atoms with van der Waals surface area (Å²) >= 11 is 3.66. The van der Waals surface area contributed by atoms with Gasteiger partial charge in [0.2, 0.25) is 0 Å². The number of fused-ring (bicyclic) bond motifs is 3. The molecular formula is C26H25BrSi. The highest BCUT2D eigenvalue weighted by Crippen LogP contribution is 2.49. The van der Waals surface area contributed by atoms with Gasteiger partial charge in [-0.1, -0.05) is 88.3 Å². The van der Waals surface area contributed by atoms with Crippen LogP contribution in [0.15, 0.2) is 63.8 Å². The average Bonchev–Trinajstić information content (AvgIpc) is 3.23. The van der Waals surface area contributed by atoms with Crippen LogP contribution < -0.4 is 0 Å². The summed E-state index contributed by atoms with van der Waals surface area (Å²) in [7, 11) is -1.69. The second-order valence-electron chi connectivity index (χ2n) is 8.96. The molecule has 3 aromatic carbocycles. The van der Waals surface area contributed by atoms with Gasteiger partial charge in [-0.2, -0.15) is 0 Å². The maximum atomic E-state index is 3.66. The van der Waals surface area contributed by atoms with Gasteiger partial charge in [0.1, 0.15) is 0 Å². The van der Waals surface area contributed by atoms with E-state index in [1.54, 1.807) is 16.3 Å². The van der Waals surface area contributed by atoms with Crippen LogP contribution in [-0.4, -0.2) is 8.07 Å². The Balaban J connectivity index is 1.65. The van der Waals surface area contributed by atoms with E-state index < -0.39 is 8.07 Å². The molecule has 5 rings (SSSR count). The average molecular weight is 445 g/mol. The molecule has 0 radical (unpaired) electrons. The minimum Gasteiger partial charge on any atom is -0.0750 e. The molecule has 1 atom stereocenters. The van der Waals surface area contributed by atoms with Crippen molar-refractivity contribution in [3.05, 3.63) is 91.6 Å². The molecule has 28 heavy (non-hydrogen) atoms. The van der Waals surface area contributed by atoms with Gasteiger partial charge < -0.3 is 0 Å². The van der Waals surface area contributed by atoms with Gasteiger partial charge in [-0.3, -0.25) is 0 Å². The molecule has 1 unspecified atom stereocenters. The molecule has 0 aromatic heterocycles. The van der Waals surface area contributed by atoms with Gasteiger partial charge in [0.05, 0.1) is 8.07 Å². The number of benzene rings is 3. The van der Waals surface area contributed by atoms with E-state index in [0.717, 1.165) is 10.9 Å². The maximum Gasteiger partial charge on any atom is 0.0877 e. The Morgan fingerprint density at radius 3 is 2.54 bits per heavy atom. The summed E-state index contributed by atoms with van der Waals surface area (Å²) in [6.07, 6.45) is 6.10. The van der Waals surface area contributed by atoms with Crippen LogP contribution in [0.1, 0.15) is 40.3 Å². The Kier molecular flexibility index (Phi) is 4.08. The Bertz CT molecular complexity index is 1200.